The standard InChI is InChI=1S/C12H23NO5/c1-7-8(9(14)15)13(12(5,6)17)10(16)18-11(2,3)4/h8,17H,7H2,1-6H3,(H,14,15). The fourth-order valence-electron chi connectivity index (χ4n) is 1.51. The molecule has 0 aliphatic heterocycles. The number of nitrogens with zero attached hydrogens (tertiary/aromatic N) is 1. The first-order valence-electron chi connectivity index (χ1n) is 5.87. The Morgan fingerprint density at radius 1 is 1.22 bits per heavy atom. The number of rotatable bonds is 4. The molecule has 106 valence electrons. The Kier molecular flexibility index (Phi) is 5.16. The van der Waals surface area contributed by atoms with Crippen molar-refractivity contribution in [3.63, 3.8) is 0 Å². The van der Waals surface area contributed by atoms with E-state index in [9.17, 15) is 14.7 Å². The van der Waals surface area contributed by atoms with Crippen molar-refractivity contribution in [2.45, 2.75) is 65.3 Å². The second-order valence-electron chi connectivity index (χ2n) is 5.61. The zero-order valence-corrected chi connectivity index (χ0v) is 11.9. The van der Waals surface area contributed by atoms with Gasteiger partial charge in [-0.15, -0.1) is 0 Å². The molecule has 2 N–H and O–H groups in total. The normalized spacial score (nSPS) is 13.9. The van der Waals surface area contributed by atoms with Crippen molar-refractivity contribution >= 4 is 12.1 Å². The van der Waals surface area contributed by atoms with Gasteiger partial charge in [-0.3, -0.25) is 4.90 Å². The second-order valence-corrected chi connectivity index (χ2v) is 5.61. The molecule has 1 unspecified atom stereocenters. The molecule has 0 radical (unpaired) electrons. The number of hydrogen-bond acceptors (Lipinski definition) is 4. The molecule has 0 aliphatic carbocycles. The van der Waals surface area contributed by atoms with Crippen LogP contribution in [0.5, 0.6) is 0 Å². The maximum atomic E-state index is 12.0. The quantitative estimate of drug-likeness (QED) is 0.754. The van der Waals surface area contributed by atoms with Crippen LogP contribution in [0, 0.1) is 0 Å². The summed E-state index contributed by atoms with van der Waals surface area (Å²) in [5, 5.41) is 19.1. The number of hydrogen-bond donors (Lipinski definition) is 2. The highest BCUT2D eigenvalue weighted by Crippen LogP contribution is 2.21. The van der Waals surface area contributed by atoms with Gasteiger partial charge in [-0.1, -0.05) is 6.92 Å². The summed E-state index contributed by atoms with van der Waals surface area (Å²) in [7, 11) is 0. The van der Waals surface area contributed by atoms with E-state index in [1.54, 1.807) is 27.7 Å². The summed E-state index contributed by atoms with van der Waals surface area (Å²) in [6.07, 6.45) is -0.664. The first-order valence-corrected chi connectivity index (χ1v) is 5.87. The van der Waals surface area contributed by atoms with E-state index in [4.69, 9.17) is 9.84 Å². The average Bonchev–Trinajstić information content (AvgIpc) is 2.07. The first-order chi connectivity index (χ1) is 7.90. The third-order valence-corrected chi connectivity index (χ3v) is 2.16. The lowest BCUT2D eigenvalue weighted by Gasteiger charge is -2.38. The lowest BCUT2D eigenvalue weighted by atomic mass is 10.1. The lowest BCUT2D eigenvalue weighted by Crippen LogP contribution is -2.57. The maximum absolute atomic E-state index is 12.0. The van der Waals surface area contributed by atoms with Crippen molar-refractivity contribution in [1.82, 2.24) is 4.90 Å². The van der Waals surface area contributed by atoms with E-state index < -0.39 is 29.4 Å². The molecule has 0 heterocycles. The zero-order chi connectivity index (χ0) is 14.7. The van der Waals surface area contributed by atoms with Crippen LogP contribution in [0.3, 0.4) is 0 Å². The SMILES string of the molecule is CCC(C(=O)O)N(C(=O)OC(C)(C)C)C(C)(C)O. The lowest BCUT2D eigenvalue weighted by molar-refractivity contribution is -0.155. The van der Waals surface area contributed by atoms with Gasteiger partial charge in [0.2, 0.25) is 0 Å². The summed E-state index contributed by atoms with van der Waals surface area (Å²) in [6.45, 7) is 9.35. The molecular weight excluding hydrogens is 238 g/mol. The molecule has 0 spiro atoms. The number of aliphatic carboxylic acids is 1. The maximum Gasteiger partial charge on any atom is 0.413 e. The molecule has 6 heteroatoms. The van der Waals surface area contributed by atoms with Crippen LogP contribution in [0.2, 0.25) is 0 Å². The number of amides is 1. The summed E-state index contributed by atoms with van der Waals surface area (Å²) < 4.78 is 5.12. The van der Waals surface area contributed by atoms with Gasteiger partial charge in [-0.05, 0) is 41.0 Å². The van der Waals surface area contributed by atoms with E-state index in [0.717, 1.165) is 4.90 Å². The Balaban J connectivity index is 5.25. The Hall–Kier alpha value is -1.30. The van der Waals surface area contributed by atoms with Gasteiger partial charge in [0.1, 0.15) is 17.4 Å². The molecule has 0 aromatic carbocycles. The van der Waals surface area contributed by atoms with Crippen molar-refractivity contribution < 1.29 is 24.5 Å². The number of carbonyl (C=O) groups excluding carboxylic acids is 1. The molecule has 6 nitrogen and oxygen atoms in total. The molecule has 0 rings (SSSR count). The van der Waals surface area contributed by atoms with E-state index in [1.165, 1.54) is 13.8 Å². The number of ether oxygens (including phenoxy) is 1. The molecule has 1 amide bonds. The van der Waals surface area contributed by atoms with Crippen molar-refractivity contribution in [1.29, 1.82) is 0 Å². The Morgan fingerprint density at radius 3 is 1.89 bits per heavy atom. The van der Waals surface area contributed by atoms with Gasteiger partial charge in [-0.2, -0.15) is 0 Å². The van der Waals surface area contributed by atoms with E-state index in [0.29, 0.717) is 0 Å². The van der Waals surface area contributed by atoms with Gasteiger partial charge in [0.15, 0.2) is 0 Å². The van der Waals surface area contributed by atoms with E-state index in [1.807, 2.05) is 0 Å². The van der Waals surface area contributed by atoms with Crippen LogP contribution in [0.25, 0.3) is 0 Å². The minimum Gasteiger partial charge on any atom is -0.480 e. The van der Waals surface area contributed by atoms with E-state index in [2.05, 4.69) is 0 Å². The first kappa shape index (κ1) is 16.7. The highest BCUT2D eigenvalue weighted by molar-refractivity contribution is 5.80. The van der Waals surface area contributed by atoms with Crippen LogP contribution < -0.4 is 0 Å². The molecular formula is C12H23NO5. The molecule has 0 aromatic heterocycles. The highest BCUT2D eigenvalue weighted by atomic mass is 16.6. The molecule has 0 saturated heterocycles. The fraction of sp³-hybridized carbons (Fsp3) is 0.833. The predicted molar refractivity (Wildman–Crippen MR) is 66.1 cm³/mol. The van der Waals surface area contributed by atoms with Gasteiger partial charge >= 0.3 is 12.1 Å². The van der Waals surface area contributed by atoms with E-state index >= 15 is 0 Å². The highest BCUT2D eigenvalue weighted by Gasteiger charge is 2.40. The minimum absolute atomic E-state index is 0.179. The molecule has 0 bridgehead atoms. The predicted octanol–water partition coefficient (Wildman–Crippen LogP) is 1.82. The summed E-state index contributed by atoms with van der Waals surface area (Å²) >= 11 is 0. The van der Waals surface area contributed by atoms with Crippen LogP contribution in [0.1, 0.15) is 48.0 Å². The molecule has 0 fully saturated rings. The largest absolute Gasteiger partial charge is 0.480 e. The Morgan fingerprint density at radius 2 is 1.67 bits per heavy atom. The van der Waals surface area contributed by atoms with Crippen molar-refractivity contribution in [3.8, 4) is 0 Å². The molecule has 0 aliphatic rings. The van der Waals surface area contributed by atoms with Crippen LogP contribution in [-0.4, -0.2) is 44.5 Å². The van der Waals surface area contributed by atoms with Gasteiger partial charge < -0.3 is 14.9 Å². The van der Waals surface area contributed by atoms with Crippen molar-refractivity contribution in [2.75, 3.05) is 0 Å². The molecule has 0 aromatic rings. The minimum atomic E-state index is -1.61. The van der Waals surface area contributed by atoms with Gasteiger partial charge in [0.05, 0.1) is 0 Å². The van der Waals surface area contributed by atoms with Crippen molar-refractivity contribution in [2.24, 2.45) is 0 Å². The van der Waals surface area contributed by atoms with Gasteiger partial charge in [-0.25, -0.2) is 9.59 Å². The van der Waals surface area contributed by atoms with Crippen LogP contribution in [0.15, 0.2) is 0 Å². The Bertz CT molecular complexity index is 313. The van der Waals surface area contributed by atoms with Crippen LogP contribution in [-0.2, 0) is 9.53 Å². The number of carboxylic acids is 1. The van der Waals surface area contributed by atoms with Crippen LogP contribution >= 0.6 is 0 Å². The summed E-state index contributed by atoms with van der Waals surface area (Å²) in [6, 6.07) is -1.13. The fourth-order valence-corrected chi connectivity index (χ4v) is 1.51. The van der Waals surface area contributed by atoms with E-state index in [-0.39, 0.29) is 6.42 Å². The monoisotopic (exact) mass is 261 g/mol. The average molecular weight is 261 g/mol. The number of carboxylic acid groups (broad SMARTS) is 1. The smallest absolute Gasteiger partial charge is 0.413 e. The van der Waals surface area contributed by atoms with Crippen LogP contribution in [0.4, 0.5) is 4.79 Å². The third kappa shape index (κ3) is 4.91. The van der Waals surface area contributed by atoms with Gasteiger partial charge in [0.25, 0.3) is 0 Å². The topological polar surface area (TPSA) is 87.1 Å². The summed E-state index contributed by atoms with van der Waals surface area (Å²) in [5.74, 6) is -1.18. The Labute approximate surface area is 108 Å². The van der Waals surface area contributed by atoms with Crippen molar-refractivity contribution in [3.05, 3.63) is 0 Å². The number of aliphatic hydroxyl groups is 1. The number of carbonyl (C=O) groups is 2. The zero-order valence-electron chi connectivity index (χ0n) is 11.9. The third-order valence-electron chi connectivity index (χ3n) is 2.16. The summed E-state index contributed by atoms with van der Waals surface area (Å²) in [4.78, 5) is 24.0. The van der Waals surface area contributed by atoms with Gasteiger partial charge in [0, 0.05) is 0 Å². The molecule has 18 heavy (non-hydrogen) atoms. The second kappa shape index (κ2) is 5.56. The molecule has 0 saturated carbocycles. The summed E-state index contributed by atoms with van der Waals surface area (Å²) in [5.41, 5.74) is -2.36. The molecule has 1 atom stereocenters.